The van der Waals surface area contributed by atoms with E-state index in [1.165, 1.54) is 0 Å². The van der Waals surface area contributed by atoms with Crippen molar-refractivity contribution in [1.29, 1.82) is 0 Å². The average molecular weight is 486 g/mol. The Kier molecular flexibility index (Phi) is 22.0. The Morgan fingerprint density at radius 3 is 1.94 bits per heavy atom. The van der Waals surface area contributed by atoms with Gasteiger partial charge in [0.25, 0.3) is 0 Å². The fourth-order valence-electron chi connectivity index (χ4n) is 1.27. The molecular formula is C12H26N4OPu-2. The quantitative estimate of drug-likeness (QED) is 0.282. The maximum absolute atomic E-state index is 10.9. The smallest absolute Gasteiger partial charge is 0.0842 e. The van der Waals surface area contributed by atoms with E-state index in [1.54, 1.807) is 0 Å². The molecule has 18 heavy (non-hydrogen) atoms. The van der Waals surface area contributed by atoms with Crippen LogP contribution >= 0.6 is 0 Å². The molecule has 0 unspecified atom stereocenters. The van der Waals surface area contributed by atoms with Crippen molar-refractivity contribution >= 4 is 5.91 Å². The number of carbonyl (C=O) groups excluding carboxylic acids is 1. The standard InChI is InChI=1S/C11H23N4O.CH3.Pu/c1-4-11(16)14-7-10-15(8-5-12-2)9-6-13-3;;/h1,4,12-13H,5-10H2,2-3H3,(H,14,16);1H3;/q2*-1;. The van der Waals surface area contributed by atoms with Gasteiger partial charge in [-0.1, -0.05) is 0 Å². The first-order valence-corrected chi connectivity index (χ1v) is 5.59. The van der Waals surface area contributed by atoms with Crippen molar-refractivity contribution in [2.45, 2.75) is 0 Å². The maximum atomic E-state index is 10.9. The normalized spacial score (nSPS) is 9.28. The van der Waals surface area contributed by atoms with Gasteiger partial charge in [0.15, 0.2) is 0 Å². The molecule has 0 rings (SSSR count). The molecule has 5 nitrogen and oxygen atoms in total. The van der Waals surface area contributed by atoms with Crippen LogP contribution in [0.5, 0.6) is 0 Å². The van der Waals surface area contributed by atoms with Crippen molar-refractivity contribution in [2.24, 2.45) is 0 Å². The van der Waals surface area contributed by atoms with Gasteiger partial charge in [0, 0.05) is 68.4 Å². The van der Waals surface area contributed by atoms with Crippen molar-refractivity contribution in [3.8, 4) is 0 Å². The largest absolute Gasteiger partial charge is 0.429 e. The number of nitrogens with one attached hydrogen (secondary N) is 3. The zero-order valence-electron chi connectivity index (χ0n) is 11.7. The zero-order chi connectivity index (χ0) is 12.2. The summed E-state index contributed by atoms with van der Waals surface area (Å²) in [6, 6.07) is 0. The van der Waals surface area contributed by atoms with Gasteiger partial charge >= 0.3 is 0 Å². The Hall–Kier alpha value is 0.0770. The fraction of sp³-hybridized carbons (Fsp3) is 0.667. The molecule has 0 radical (unpaired) electrons. The number of hydrogen-bond acceptors (Lipinski definition) is 4. The molecule has 108 valence electrons. The van der Waals surface area contributed by atoms with E-state index >= 15 is 0 Å². The Morgan fingerprint density at radius 2 is 1.56 bits per heavy atom. The number of nitrogens with zero attached hydrogens (tertiary/aromatic N) is 1. The number of carbonyl (C=O) groups is 1. The fourth-order valence-corrected chi connectivity index (χ4v) is 1.27. The first-order valence-electron chi connectivity index (χ1n) is 5.59. The molecule has 0 spiro atoms. The average Bonchev–Trinajstić information content (AvgIpc) is 2.31. The van der Waals surface area contributed by atoms with Crippen LogP contribution in [-0.4, -0.2) is 64.2 Å². The molecule has 0 aliphatic rings. The Labute approximate surface area is 134 Å². The van der Waals surface area contributed by atoms with Crippen LogP contribution < -0.4 is 16.0 Å². The van der Waals surface area contributed by atoms with Gasteiger partial charge in [-0.2, -0.15) is 6.08 Å². The summed E-state index contributed by atoms with van der Waals surface area (Å²) in [6.45, 7) is 10.4. The van der Waals surface area contributed by atoms with Crippen molar-refractivity contribution in [2.75, 3.05) is 53.4 Å². The molecule has 1 amide bonds. The second-order valence-corrected chi connectivity index (χ2v) is 3.51. The summed E-state index contributed by atoms with van der Waals surface area (Å²) in [4.78, 5) is 13.2. The topological polar surface area (TPSA) is 56.4 Å². The van der Waals surface area contributed by atoms with Crippen LogP contribution in [0.4, 0.5) is 0 Å². The third-order valence-electron chi connectivity index (χ3n) is 2.23. The minimum absolute atomic E-state index is 0. The SMILES string of the molecule is [CH-]=CC(=O)NCCN(CCNC)CCNC.[CH3-].[Pu]. The summed E-state index contributed by atoms with van der Waals surface area (Å²) >= 11 is 0. The molecule has 0 aromatic heterocycles. The zero-order valence-corrected chi connectivity index (χ0v) is 15.1. The predicted octanol–water partition coefficient (Wildman–Crippen LogP) is -0.717. The molecule has 0 aromatic carbocycles. The van der Waals surface area contributed by atoms with Gasteiger partial charge in [-0.15, -0.1) is 0 Å². The molecule has 0 saturated heterocycles. The molecule has 0 saturated carbocycles. The number of likely N-dealkylation sites (N-methyl/N-ethyl adjacent to an activating group) is 2. The Bertz CT molecular complexity index is 195. The number of hydrogen-bond donors (Lipinski definition) is 3. The minimum Gasteiger partial charge on any atom is -0.429 e. The van der Waals surface area contributed by atoms with Gasteiger partial charge < -0.3 is 28.2 Å². The van der Waals surface area contributed by atoms with Crippen LogP contribution in [0.15, 0.2) is 6.08 Å². The summed E-state index contributed by atoms with van der Waals surface area (Å²) < 4.78 is 0. The Balaban J connectivity index is -0.00000112. The molecular weight excluding hydrogens is 460 g/mol. The van der Waals surface area contributed by atoms with Crippen molar-refractivity contribution in [3.63, 3.8) is 0 Å². The van der Waals surface area contributed by atoms with E-state index in [0.717, 1.165) is 38.8 Å². The molecule has 0 fully saturated rings. The molecule has 3 N–H and O–H groups in total. The first kappa shape index (κ1) is 23.2. The molecule has 0 heterocycles. The van der Waals surface area contributed by atoms with E-state index in [-0.39, 0.29) is 42.5 Å². The van der Waals surface area contributed by atoms with Crippen LogP contribution in [0.3, 0.4) is 0 Å². The summed E-state index contributed by atoms with van der Waals surface area (Å²) in [6.07, 6.45) is 1.05. The third-order valence-corrected chi connectivity index (χ3v) is 2.23. The van der Waals surface area contributed by atoms with Crippen LogP contribution in [0, 0.1) is 43.2 Å². The first-order chi connectivity index (χ1) is 7.74. The van der Waals surface area contributed by atoms with E-state index in [0.29, 0.717) is 6.54 Å². The van der Waals surface area contributed by atoms with Crippen molar-refractivity contribution in [3.05, 3.63) is 20.1 Å². The monoisotopic (exact) mass is 480 g/mol. The van der Waals surface area contributed by atoms with E-state index < -0.39 is 0 Å². The molecule has 0 bridgehead atoms. The van der Waals surface area contributed by atoms with Gasteiger partial charge in [-0.25, -0.2) is 0 Å². The molecule has 0 aromatic rings. The maximum Gasteiger partial charge on any atom is 0.0842 e. The summed E-state index contributed by atoms with van der Waals surface area (Å²) in [5, 5.41) is 8.93. The van der Waals surface area contributed by atoms with Gasteiger partial charge in [0.1, 0.15) is 0 Å². The number of amides is 1. The van der Waals surface area contributed by atoms with E-state index in [1.807, 2.05) is 14.1 Å². The summed E-state index contributed by atoms with van der Waals surface area (Å²) in [7, 11) is 3.86. The van der Waals surface area contributed by atoms with E-state index in [2.05, 4.69) is 20.9 Å². The summed E-state index contributed by atoms with van der Waals surface area (Å²) in [5.41, 5.74) is 0. The summed E-state index contributed by atoms with van der Waals surface area (Å²) in [5.74, 6) is -0.220. The Morgan fingerprint density at radius 1 is 1.11 bits per heavy atom. The second kappa shape index (κ2) is 17.1. The van der Waals surface area contributed by atoms with Crippen LogP contribution in [0.2, 0.25) is 0 Å². The van der Waals surface area contributed by atoms with Gasteiger partial charge in [0.05, 0.1) is 5.91 Å². The van der Waals surface area contributed by atoms with Crippen LogP contribution in [-0.2, 0) is 4.79 Å². The second-order valence-electron chi connectivity index (χ2n) is 3.51. The van der Waals surface area contributed by atoms with Crippen LogP contribution in [0.25, 0.3) is 0 Å². The molecule has 0 aliphatic heterocycles. The van der Waals surface area contributed by atoms with Gasteiger partial charge in [0.2, 0.25) is 0 Å². The van der Waals surface area contributed by atoms with Gasteiger partial charge in [-0.3, -0.25) is 11.5 Å². The molecule has 0 atom stereocenters. The van der Waals surface area contributed by atoms with E-state index in [9.17, 15) is 4.79 Å². The number of rotatable bonds is 10. The molecule has 6 heteroatoms. The van der Waals surface area contributed by atoms with Crippen molar-refractivity contribution < 1.29 is 34.0 Å². The minimum atomic E-state index is -0.220. The van der Waals surface area contributed by atoms with Gasteiger partial charge in [-0.05, 0) is 14.1 Å². The van der Waals surface area contributed by atoms with E-state index in [4.69, 9.17) is 6.58 Å². The predicted molar refractivity (Wildman–Crippen MR) is 72.6 cm³/mol. The van der Waals surface area contributed by atoms with Crippen molar-refractivity contribution in [1.82, 2.24) is 20.9 Å². The molecule has 0 aliphatic carbocycles. The van der Waals surface area contributed by atoms with Crippen LogP contribution in [0.1, 0.15) is 0 Å². The third kappa shape index (κ3) is 14.1.